The van der Waals surface area contributed by atoms with Crippen LogP contribution in [0.3, 0.4) is 0 Å². The Balaban J connectivity index is 2.50. The monoisotopic (exact) mass is 287 g/mol. The van der Waals surface area contributed by atoms with Gasteiger partial charge in [0, 0.05) is 11.3 Å². The normalized spacial score (nSPS) is 10.0. The highest BCUT2D eigenvalue weighted by atomic mass is 16.5. The summed E-state index contributed by atoms with van der Waals surface area (Å²) in [5, 5.41) is 0. The van der Waals surface area contributed by atoms with Gasteiger partial charge >= 0.3 is 0 Å². The third-order valence-corrected chi connectivity index (χ3v) is 3.15. The second-order valence-corrected chi connectivity index (χ2v) is 4.32. The fraction of sp³-hybridized carbons (Fsp3) is 0.188. The van der Waals surface area contributed by atoms with Gasteiger partial charge < -0.3 is 19.9 Å². The van der Waals surface area contributed by atoms with E-state index in [0.29, 0.717) is 34.1 Å². The average Bonchev–Trinajstić information content (AvgIpc) is 2.53. The van der Waals surface area contributed by atoms with Gasteiger partial charge in [0.1, 0.15) is 5.75 Å². The molecule has 21 heavy (non-hydrogen) atoms. The molecule has 5 heteroatoms. The van der Waals surface area contributed by atoms with Crippen LogP contribution in [0.2, 0.25) is 0 Å². The Kier molecular flexibility index (Phi) is 4.33. The molecule has 0 saturated heterocycles. The van der Waals surface area contributed by atoms with E-state index in [0.717, 1.165) is 0 Å². The minimum Gasteiger partial charge on any atom is -0.496 e. The van der Waals surface area contributed by atoms with Crippen molar-refractivity contribution in [2.75, 3.05) is 27.1 Å². The molecule has 2 rings (SSSR count). The summed E-state index contributed by atoms with van der Waals surface area (Å²) in [4.78, 5) is 12.7. The predicted molar refractivity (Wildman–Crippen MR) is 80.4 cm³/mol. The number of anilines is 1. The predicted octanol–water partition coefficient (Wildman–Crippen LogP) is 2.53. The maximum absolute atomic E-state index is 12.7. The molecule has 2 aromatic rings. The topological polar surface area (TPSA) is 70.8 Å². The molecule has 0 amide bonds. The van der Waals surface area contributed by atoms with Crippen molar-refractivity contribution in [1.82, 2.24) is 0 Å². The number of carbonyl (C=O) groups is 1. The minimum atomic E-state index is -0.231. The molecule has 0 atom stereocenters. The lowest BCUT2D eigenvalue weighted by molar-refractivity contribution is 0.103. The molecule has 0 fully saturated rings. The van der Waals surface area contributed by atoms with Crippen LogP contribution >= 0.6 is 0 Å². The summed E-state index contributed by atoms with van der Waals surface area (Å²) >= 11 is 0. The van der Waals surface area contributed by atoms with Crippen molar-refractivity contribution in [2.24, 2.45) is 0 Å². The van der Waals surface area contributed by atoms with E-state index in [1.165, 1.54) is 21.3 Å². The van der Waals surface area contributed by atoms with E-state index in [-0.39, 0.29) is 5.78 Å². The molecule has 0 saturated carbocycles. The molecule has 0 bridgehead atoms. The number of ketones is 1. The van der Waals surface area contributed by atoms with Crippen molar-refractivity contribution in [1.29, 1.82) is 0 Å². The summed E-state index contributed by atoms with van der Waals surface area (Å²) in [5.74, 6) is 1.25. The zero-order valence-corrected chi connectivity index (χ0v) is 12.2. The Labute approximate surface area is 123 Å². The van der Waals surface area contributed by atoms with Crippen LogP contribution in [0.4, 0.5) is 5.69 Å². The SMILES string of the molecule is COc1ccc(C(=O)c2c(N)cccc2OC)cc1OC. The van der Waals surface area contributed by atoms with Crippen LogP contribution in [-0.2, 0) is 0 Å². The summed E-state index contributed by atoms with van der Waals surface area (Å²) in [6.07, 6.45) is 0. The summed E-state index contributed by atoms with van der Waals surface area (Å²) in [7, 11) is 4.56. The molecule has 5 nitrogen and oxygen atoms in total. The second-order valence-electron chi connectivity index (χ2n) is 4.32. The molecule has 0 aliphatic heterocycles. The van der Waals surface area contributed by atoms with E-state index in [4.69, 9.17) is 19.9 Å². The van der Waals surface area contributed by atoms with E-state index in [9.17, 15) is 4.79 Å². The molecule has 0 heterocycles. The third kappa shape index (κ3) is 2.76. The highest BCUT2D eigenvalue weighted by Crippen LogP contribution is 2.31. The summed E-state index contributed by atoms with van der Waals surface area (Å²) in [6, 6.07) is 10.1. The number of rotatable bonds is 5. The fourth-order valence-corrected chi connectivity index (χ4v) is 2.08. The van der Waals surface area contributed by atoms with Crippen LogP contribution in [0, 0.1) is 0 Å². The Morgan fingerprint density at radius 3 is 2.19 bits per heavy atom. The number of nitrogen functional groups attached to an aromatic ring is 1. The molecule has 110 valence electrons. The van der Waals surface area contributed by atoms with Crippen molar-refractivity contribution in [3.8, 4) is 17.2 Å². The Bertz CT molecular complexity index is 667. The molecule has 0 spiro atoms. The van der Waals surface area contributed by atoms with Gasteiger partial charge in [-0.2, -0.15) is 0 Å². The Hall–Kier alpha value is -2.69. The number of benzene rings is 2. The van der Waals surface area contributed by atoms with Crippen molar-refractivity contribution in [2.45, 2.75) is 0 Å². The molecular weight excluding hydrogens is 270 g/mol. The van der Waals surface area contributed by atoms with Crippen molar-refractivity contribution in [3.63, 3.8) is 0 Å². The minimum absolute atomic E-state index is 0.231. The van der Waals surface area contributed by atoms with Gasteiger partial charge in [-0.15, -0.1) is 0 Å². The van der Waals surface area contributed by atoms with E-state index in [1.54, 1.807) is 36.4 Å². The molecule has 0 radical (unpaired) electrons. The first-order chi connectivity index (χ1) is 10.1. The summed E-state index contributed by atoms with van der Waals surface area (Å²) in [6.45, 7) is 0. The first-order valence-corrected chi connectivity index (χ1v) is 6.31. The number of carbonyl (C=O) groups excluding carboxylic acids is 1. The lowest BCUT2D eigenvalue weighted by atomic mass is 10.0. The first kappa shape index (κ1) is 14.7. The second kappa shape index (κ2) is 6.17. The van der Waals surface area contributed by atoms with Gasteiger partial charge in [0.25, 0.3) is 0 Å². The van der Waals surface area contributed by atoms with Gasteiger partial charge in [0.05, 0.1) is 26.9 Å². The third-order valence-electron chi connectivity index (χ3n) is 3.15. The standard InChI is InChI=1S/C16H17NO4/c1-19-12-8-7-10(9-14(12)21-3)16(18)15-11(17)5-4-6-13(15)20-2/h4-9H,17H2,1-3H3. The van der Waals surface area contributed by atoms with Crippen LogP contribution in [0.15, 0.2) is 36.4 Å². The highest BCUT2D eigenvalue weighted by molar-refractivity contribution is 6.14. The lowest BCUT2D eigenvalue weighted by Gasteiger charge is -2.12. The van der Waals surface area contributed by atoms with Crippen molar-refractivity contribution in [3.05, 3.63) is 47.5 Å². The van der Waals surface area contributed by atoms with Crippen LogP contribution in [-0.4, -0.2) is 27.1 Å². The van der Waals surface area contributed by atoms with E-state index in [2.05, 4.69) is 0 Å². The Morgan fingerprint density at radius 2 is 1.57 bits per heavy atom. The van der Waals surface area contributed by atoms with Crippen LogP contribution in [0.1, 0.15) is 15.9 Å². The summed E-state index contributed by atoms with van der Waals surface area (Å²) in [5.41, 5.74) is 7.06. The molecule has 0 unspecified atom stereocenters. The van der Waals surface area contributed by atoms with Crippen LogP contribution in [0.25, 0.3) is 0 Å². The number of hydrogen-bond acceptors (Lipinski definition) is 5. The van der Waals surface area contributed by atoms with Crippen molar-refractivity contribution < 1.29 is 19.0 Å². The van der Waals surface area contributed by atoms with Crippen molar-refractivity contribution >= 4 is 11.5 Å². The molecule has 0 aliphatic carbocycles. The zero-order valence-electron chi connectivity index (χ0n) is 12.2. The Morgan fingerprint density at radius 1 is 0.905 bits per heavy atom. The number of hydrogen-bond donors (Lipinski definition) is 1. The van der Waals surface area contributed by atoms with E-state index >= 15 is 0 Å². The molecule has 2 N–H and O–H groups in total. The van der Waals surface area contributed by atoms with Gasteiger partial charge in [0.15, 0.2) is 17.3 Å². The van der Waals surface area contributed by atoms with Crippen LogP contribution in [0.5, 0.6) is 17.2 Å². The number of methoxy groups -OCH3 is 3. The molecule has 0 aliphatic rings. The largest absolute Gasteiger partial charge is 0.496 e. The fourth-order valence-electron chi connectivity index (χ4n) is 2.08. The van der Waals surface area contributed by atoms with Gasteiger partial charge in [-0.05, 0) is 30.3 Å². The molecule has 2 aromatic carbocycles. The van der Waals surface area contributed by atoms with E-state index < -0.39 is 0 Å². The highest BCUT2D eigenvalue weighted by Gasteiger charge is 2.19. The lowest BCUT2D eigenvalue weighted by Crippen LogP contribution is -2.08. The van der Waals surface area contributed by atoms with E-state index in [1.807, 2.05) is 0 Å². The van der Waals surface area contributed by atoms with Gasteiger partial charge in [-0.3, -0.25) is 4.79 Å². The maximum Gasteiger partial charge on any atom is 0.198 e. The van der Waals surface area contributed by atoms with Gasteiger partial charge in [-0.25, -0.2) is 0 Å². The average molecular weight is 287 g/mol. The quantitative estimate of drug-likeness (QED) is 0.676. The number of nitrogens with two attached hydrogens (primary N) is 1. The van der Waals surface area contributed by atoms with Crippen LogP contribution < -0.4 is 19.9 Å². The zero-order chi connectivity index (χ0) is 15.4. The smallest absolute Gasteiger partial charge is 0.198 e. The summed E-state index contributed by atoms with van der Waals surface area (Å²) < 4.78 is 15.6. The van der Waals surface area contributed by atoms with Gasteiger partial charge in [-0.1, -0.05) is 6.07 Å². The number of ether oxygens (including phenoxy) is 3. The maximum atomic E-state index is 12.7. The molecular formula is C16H17NO4. The van der Waals surface area contributed by atoms with Gasteiger partial charge in [0.2, 0.25) is 0 Å². The molecule has 0 aromatic heterocycles. The first-order valence-electron chi connectivity index (χ1n) is 6.31.